The van der Waals surface area contributed by atoms with Crippen LogP contribution in [-0.2, 0) is 11.3 Å². The van der Waals surface area contributed by atoms with Crippen molar-refractivity contribution in [2.45, 2.75) is 45.3 Å². The van der Waals surface area contributed by atoms with Crippen LogP contribution in [0.3, 0.4) is 0 Å². The van der Waals surface area contributed by atoms with Crippen molar-refractivity contribution in [1.82, 2.24) is 9.80 Å². The van der Waals surface area contributed by atoms with E-state index in [1.165, 1.54) is 5.56 Å². The summed E-state index contributed by atoms with van der Waals surface area (Å²) < 4.78 is 0. The minimum absolute atomic E-state index is 0.0600. The van der Waals surface area contributed by atoms with Crippen molar-refractivity contribution in [3.8, 4) is 0 Å². The molecule has 0 radical (unpaired) electrons. The third-order valence-electron chi connectivity index (χ3n) is 4.20. The number of amides is 1. The largest absolute Gasteiger partial charge is 0.340 e. The summed E-state index contributed by atoms with van der Waals surface area (Å²) in [7, 11) is 0. The Hall–Kier alpha value is -1.06. The Bertz CT molecular complexity index is 449. The lowest BCUT2D eigenvalue weighted by atomic mass is 10.0. The van der Waals surface area contributed by atoms with Gasteiger partial charge in [-0.05, 0) is 32.3 Å². The minimum atomic E-state index is 0.0600. The summed E-state index contributed by atoms with van der Waals surface area (Å²) in [5.41, 5.74) is 1.33. The quantitative estimate of drug-likeness (QED) is 0.780. The van der Waals surface area contributed by atoms with Crippen LogP contribution < -0.4 is 0 Å². The SMILES string of the molecule is CC(C)N(Cc1ccccc1)[C@@H]1CCCN(C(=O)CCl)C1. The van der Waals surface area contributed by atoms with Gasteiger partial charge in [-0.25, -0.2) is 0 Å². The summed E-state index contributed by atoms with van der Waals surface area (Å²) >= 11 is 5.70. The maximum Gasteiger partial charge on any atom is 0.237 e. The number of halogens is 1. The Morgan fingerprint density at radius 2 is 2.10 bits per heavy atom. The van der Waals surface area contributed by atoms with Gasteiger partial charge in [-0.2, -0.15) is 0 Å². The van der Waals surface area contributed by atoms with E-state index in [-0.39, 0.29) is 11.8 Å². The fraction of sp³-hybridized carbons (Fsp3) is 0.588. The summed E-state index contributed by atoms with van der Waals surface area (Å²) in [5, 5.41) is 0. The van der Waals surface area contributed by atoms with Gasteiger partial charge >= 0.3 is 0 Å². The lowest BCUT2D eigenvalue weighted by molar-refractivity contribution is -0.130. The van der Waals surface area contributed by atoms with Gasteiger partial charge in [0.1, 0.15) is 5.88 Å². The lowest BCUT2D eigenvalue weighted by Gasteiger charge is -2.41. The van der Waals surface area contributed by atoms with Gasteiger partial charge in [-0.15, -0.1) is 11.6 Å². The number of likely N-dealkylation sites (tertiary alicyclic amines) is 1. The summed E-state index contributed by atoms with van der Waals surface area (Å²) in [6.45, 7) is 7.04. The van der Waals surface area contributed by atoms with Crippen LogP contribution in [-0.4, -0.2) is 46.8 Å². The Morgan fingerprint density at radius 3 is 2.71 bits per heavy atom. The molecule has 1 amide bonds. The third-order valence-corrected chi connectivity index (χ3v) is 4.43. The Kier molecular flexibility index (Phi) is 6.07. The van der Waals surface area contributed by atoms with Gasteiger partial charge in [-0.3, -0.25) is 9.69 Å². The number of carbonyl (C=O) groups is 1. The summed E-state index contributed by atoms with van der Waals surface area (Å²) in [4.78, 5) is 16.3. The molecule has 0 spiro atoms. The Morgan fingerprint density at radius 1 is 1.38 bits per heavy atom. The first-order valence-electron chi connectivity index (χ1n) is 7.75. The molecule has 4 heteroatoms. The molecule has 21 heavy (non-hydrogen) atoms. The highest BCUT2D eigenvalue weighted by molar-refractivity contribution is 6.27. The number of alkyl halides is 1. The first-order chi connectivity index (χ1) is 10.1. The van der Waals surface area contributed by atoms with Gasteiger partial charge in [0.2, 0.25) is 5.91 Å². The van der Waals surface area contributed by atoms with Gasteiger partial charge in [0.15, 0.2) is 0 Å². The molecule has 0 aliphatic carbocycles. The average molecular weight is 309 g/mol. The molecule has 116 valence electrons. The van der Waals surface area contributed by atoms with E-state index in [0.29, 0.717) is 12.1 Å². The van der Waals surface area contributed by atoms with Crippen molar-refractivity contribution in [3.63, 3.8) is 0 Å². The zero-order chi connectivity index (χ0) is 15.2. The molecule has 0 aromatic heterocycles. The van der Waals surface area contributed by atoms with Gasteiger partial charge in [0.05, 0.1) is 0 Å². The van der Waals surface area contributed by atoms with Gasteiger partial charge in [0, 0.05) is 31.7 Å². The number of piperidine rings is 1. The molecule has 0 saturated carbocycles. The second-order valence-electron chi connectivity index (χ2n) is 6.02. The topological polar surface area (TPSA) is 23.6 Å². The van der Waals surface area contributed by atoms with Gasteiger partial charge in [-0.1, -0.05) is 30.3 Å². The van der Waals surface area contributed by atoms with E-state index in [4.69, 9.17) is 11.6 Å². The van der Waals surface area contributed by atoms with Crippen LogP contribution in [0.2, 0.25) is 0 Å². The maximum atomic E-state index is 11.8. The van der Waals surface area contributed by atoms with Crippen LogP contribution in [0.25, 0.3) is 0 Å². The molecule has 1 aromatic carbocycles. The number of rotatable bonds is 5. The number of hydrogen-bond acceptors (Lipinski definition) is 2. The highest BCUT2D eigenvalue weighted by Gasteiger charge is 2.28. The van der Waals surface area contributed by atoms with E-state index in [1.54, 1.807) is 0 Å². The number of hydrogen-bond donors (Lipinski definition) is 0. The predicted molar refractivity (Wildman–Crippen MR) is 87.4 cm³/mol. The van der Waals surface area contributed by atoms with Crippen LogP contribution in [0.4, 0.5) is 0 Å². The molecular formula is C17H25ClN2O. The second kappa shape index (κ2) is 7.81. The molecule has 3 nitrogen and oxygen atoms in total. The van der Waals surface area contributed by atoms with Crippen molar-refractivity contribution >= 4 is 17.5 Å². The average Bonchev–Trinajstić information content (AvgIpc) is 2.52. The van der Waals surface area contributed by atoms with Crippen molar-refractivity contribution in [2.75, 3.05) is 19.0 Å². The molecule has 1 aromatic rings. The molecule has 1 aliphatic heterocycles. The zero-order valence-corrected chi connectivity index (χ0v) is 13.7. The van der Waals surface area contributed by atoms with Crippen LogP contribution >= 0.6 is 11.6 Å². The van der Waals surface area contributed by atoms with Crippen molar-refractivity contribution in [2.24, 2.45) is 0 Å². The zero-order valence-electron chi connectivity index (χ0n) is 13.0. The van der Waals surface area contributed by atoms with Crippen LogP contribution in [0.5, 0.6) is 0 Å². The second-order valence-corrected chi connectivity index (χ2v) is 6.29. The fourth-order valence-corrected chi connectivity index (χ4v) is 3.23. The molecule has 2 rings (SSSR count). The van der Waals surface area contributed by atoms with E-state index < -0.39 is 0 Å². The van der Waals surface area contributed by atoms with E-state index in [9.17, 15) is 4.79 Å². The molecular weight excluding hydrogens is 284 g/mol. The summed E-state index contributed by atoms with van der Waals surface area (Å²) in [6, 6.07) is 11.4. The first-order valence-corrected chi connectivity index (χ1v) is 8.28. The first kappa shape index (κ1) is 16.3. The smallest absolute Gasteiger partial charge is 0.237 e. The highest BCUT2D eigenvalue weighted by Crippen LogP contribution is 2.21. The molecule has 1 fully saturated rings. The monoisotopic (exact) mass is 308 g/mol. The van der Waals surface area contributed by atoms with Crippen LogP contribution in [0.1, 0.15) is 32.3 Å². The molecule has 0 N–H and O–H groups in total. The molecule has 0 unspecified atom stereocenters. The summed E-state index contributed by atoms with van der Waals surface area (Å²) in [5.74, 6) is 0.150. The Labute approximate surface area is 132 Å². The van der Waals surface area contributed by atoms with Gasteiger partial charge in [0.25, 0.3) is 0 Å². The van der Waals surface area contributed by atoms with E-state index in [0.717, 1.165) is 32.5 Å². The molecule has 1 saturated heterocycles. The number of carbonyl (C=O) groups excluding carboxylic acids is 1. The van der Waals surface area contributed by atoms with Crippen LogP contribution in [0.15, 0.2) is 30.3 Å². The summed E-state index contributed by atoms with van der Waals surface area (Å²) in [6.07, 6.45) is 2.21. The number of nitrogens with zero attached hydrogens (tertiary/aromatic N) is 2. The Balaban J connectivity index is 2.05. The van der Waals surface area contributed by atoms with E-state index in [1.807, 2.05) is 11.0 Å². The van der Waals surface area contributed by atoms with Gasteiger partial charge < -0.3 is 4.90 Å². The van der Waals surface area contributed by atoms with Crippen LogP contribution in [0, 0.1) is 0 Å². The molecule has 1 aliphatic rings. The van der Waals surface area contributed by atoms with E-state index >= 15 is 0 Å². The highest BCUT2D eigenvalue weighted by atomic mass is 35.5. The third kappa shape index (κ3) is 4.45. The van der Waals surface area contributed by atoms with E-state index in [2.05, 4.69) is 43.0 Å². The normalized spacial score (nSPS) is 19.3. The fourth-order valence-electron chi connectivity index (χ4n) is 3.06. The maximum absolute atomic E-state index is 11.8. The minimum Gasteiger partial charge on any atom is -0.340 e. The lowest BCUT2D eigenvalue weighted by Crippen LogP contribution is -2.51. The van der Waals surface area contributed by atoms with Crippen molar-refractivity contribution in [1.29, 1.82) is 0 Å². The van der Waals surface area contributed by atoms with Crippen molar-refractivity contribution < 1.29 is 4.79 Å². The number of benzene rings is 1. The standard InChI is InChI=1S/C17H25ClN2O/c1-14(2)20(12-15-7-4-3-5-8-15)16-9-6-10-19(13-16)17(21)11-18/h3-5,7-8,14,16H,6,9-13H2,1-2H3/t16-/m1/s1. The van der Waals surface area contributed by atoms with Crippen molar-refractivity contribution in [3.05, 3.63) is 35.9 Å². The predicted octanol–water partition coefficient (Wildman–Crippen LogP) is 3.13. The molecule has 1 atom stereocenters. The molecule has 1 heterocycles. The molecule has 0 bridgehead atoms.